The number of aliphatic hydroxyl groups is 2. The number of ether oxygens (including phenoxy) is 1. The lowest BCUT2D eigenvalue weighted by Gasteiger charge is -2.30. The highest BCUT2D eigenvalue weighted by atomic mass is 35.5. The summed E-state index contributed by atoms with van der Waals surface area (Å²) in [5.74, 6) is -1.85. The van der Waals surface area contributed by atoms with Gasteiger partial charge >= 0.3 is 0 Å². The van der Waals surface area contributed by atoms with Crippen LogP contribution in [-0.4, -0.2) is 63.7 Å². The van der Waals surface area contributed by atoms with Crippen molar-refractivity contribution >= 4 is 34.1 Å². The second kappa shape index (κ2) is 11.0. The molecule has 3 heterocycles. The van der Waals surface area contributed by atoms with Crippen molar-refractivity contribution in [2.75, 3.05) is 31.6 Å². The predicted octanol–water partition coefficient (Wildman–Crippen LogP) is 4.97. The van der Waals surface area contributed by atoms with Gasteiger partial charge in [0.2, 0.25) is 0 Å². The first-order valence-electron chi connectivity index (χ1n) is 14.8. The SMILES string of the molecule is COc1cc(C(=O)NC[C@](O)(c2cc(N3CC[C@@H](O)C3)cc(-c3cc(Cl)c(F)cc3F)n2)C2CC2)cc2cn(C3CC3)nc12. The highest BCUT2D eigenvalue weighted by Gasteiger charge is 2.47. The molecule has 3 fully saturated rings. The summed E-state index contributed by atoms with van der Waals surface area (Å²) in [6.07, 6.45) is 5.51. The van der Waals surface area contributed by atoms with E-state index in [1.165, 1.54) is 13.2 Å². The molecular formula is C32H32ClF2N5O4. The Morgan fingerprint density at radius 1 is 1.11 bits per heavy atom. The summed E-state index contributed by atoms with van der Waals surface area (Å²) >= 11 is 6.01. The number of halogens is 3. The van der Waals surface area contributed by atoms with Crippen LogP contribution in [0.25, 0.3) is 22.2 Å². The van der Waals surface area contributed by atoms with Gasteiger partial charge in [0.25, 0.3) is 5.91 Å². The molecule has 0 radical (unpaired) electrons. The van der Waals surface area contributed by atoms with E-state index in [4.69, 9.17) is 16.3 Å². The number of amides is 1. The molecule has 2 atom stereocenters. The Hall–Kier alpha value is -3.80. The second-order valence-corrected chi connectivity index (χ2v) is 12.5. The number of fused-ring (bicyclic) bond motifs is 1. The molecule has 9 nitrogen and oxygen atoms in total. The van der Waals surface area contributed by atoms with Crippen molar-refractivity contribution in [3.63, 3.8) is 0 Å². The van der Waals surface area contributed by atoms with Gasteiger partial charge in [-0.05, 0) is 68.4 Å². The Balaban J connectivity index is 1.23. The molecule has 0 bridgehead atoms. The van der Waals surface area contributed by atoms with Gasteiger partial charge in [-0.3, -0.25) is 9.48 Å². The number of aliphatic hydroxyl groups excluding tert-OH is 1. The molecule has 3 N–H and O–H groups in total. The number of benzene rings is 2. The lowest BCUT2D eigenvalue weighted by atomic mass is 9.91. The molecule has 0 spiro atoms. The highest BCUT2D eigenvalue weighted by Crippen LogP contribution is 2.46. The zero-order valence-electron chi connectivity index (χ0n) is 24.1. The third kappa shape index (κ3) is 5.37. The quantitative estimate of drug-likeness (QED) is 0.226. The summed E-state index contributed by atoms with van der Waals surface area (Å²) in [6, 6.07) is 9.00. The molecule has 2 saturated carbocycles. The van der Waals surface area contributed by atoms with E-state index in [1.54, 1.807) is 24.3 Å². The van der Waals surface area contributed by atoms with Gasteiger partial charge in [-0.15, -0.1) is 0 Å². The molecule has 2 aliphatic carbocycles. The average Bonchev–Trinajstić information content (AvgIpc) is 3.96. The maximum Gasteiger partial charge on any atom is 0.251 e. The summed E-state index contributed by atoms with van der Waals surface area (Å²) in [5.41, 5.74) is 0.463. The fourth-order valence-corrected chi connectivity index (χ4v) is 6.17. The number of aromatic nitrogens is 3. The number of carbonyl (C=O) groups excluding carboxylic acids is 1. The summed E-state index contributed by atoms with van der Waals surface area (Å²) in [5, 5.41) is 30.4. The molecule has 1 amide bonds. The third-order valence-corrected chi connectivity index (χ3v) is 9.12. The largest absolute Gasteiger partial charge is 0.494 e. The summed E-state index contributed by atoms with van der Waals surface area (Å²) in [6.45, 7) is 0.760. The topological polar surface area (TPSA) is 113 Å². The number of nitrogens with one attached hydrogen (secondary N) is 1. The van der Waals surface area contributed by atoms with E-state index in [0.717, 1.165) is 18.2 Å². The molecule has 44 heavy (non-hydrogen) atoms. The normalized spacial score (nSPS) is 19.8. The molecule has 1 saturated heterocycles. The minimum Gasteiger partial charge on any atom is -0.494 e. The predicted molar refractivity (Wildman–Crippen MR) is 161 cm³/mol. The van der Waals surface area contributed by atoms with E-state index >= 15 is 4.39 Å². The van der Waals surface area contributed by atoms with Crippen molar-refractivity contribution in [1.82, 2.24) is 20.1 Å². The van der Waals surface area contributed by atoms with Crippen molar-refractivity contribution in [2.24, 2.45) is 5.92 Å². The Morgan fingerprint density at radius 3 is 2.59 bits per heavy atom. The van der Waals surface area contributed by atoms with Crippen LogP contribution < -0.4 is 15.0 Å². The van der Waals surface area contributed by atoms with E-state index in [2.05, 4.69) is 15.4 Å². The molecule has 2 aromatic carbocycles. The maximum absolute atomic E-state index is 15.0. The number of rotatable bonds is 9. The number of carbonyl (C=O) groups is 1. The number of β-amino-alcohol motifs (C(OH)–C–C–N with tert-alkyl or cyclic N) is 1. The summed E-state index contributed by atoms with van der Waals surface area (Å²) in [7, 11) is 1.53. The van der Waals surface area contributed by atoms with Crippen molar-refractivity contribution in [1.29, 1.82) is 0 Å². The molecule has 0 unspecified atom stereocenters. The standard InChI is InChI=1S/C32H32ClF2N5O4/c1-44-28-9-17(8-18-14-40(20-4-5-20)38-30(18)28)31(42)36-16-32(43,19-2-3-19)29-11-21(39-7-6-22(41)15-39)10-27(37-29)23-12-24(33)26(35)13-25(23)34/h8-14,19-20,22,41,43H,2-7,15-16H2,1H3,(H,36,42)/t22-,32-/m1/s1. The maximum atomic E-state index is 15.0. The zero-order chi connectivity index (χ0) is 30.7. The van der Waals surface area contributed by atoms with Gasteiger partial charge in [-0.1, -0.05) is 11.6 Å². The van der Waals surface area contributed by atoms with E-state index in [0.29, 0.717) is 67.0 Å². The molecule has 7 rings (SSSR count). The van der Waals surface area contributed by atoms with Crippen LogP contribution in [0, 0.1) is 17.6 Å². The number of pyridine rings is 1. The van der Waals surface area contributed by atoms with E-state index in [-0.39, 0.29) is 34.4 Å². The minimum absolute atomic E-state index is 0.0198. The van der Waals surface area contributed by atoms with Gasteiger partial charge < -0.3 is 25.2 Å². The van der Waals surface area contributed by atoms with E-state index < -0.39 is 29.2 Å². The molecular weight excluding hydrogens is 592 g/mol. The third-order valence-electron chi connectivity index (χ3n) is 8.83. The fourth-order valence-electron chi connectivity index (χ4n) is 6.01. The van der Waals surface area contributed by atoms with E-state index in [9.17, 15) is 19.4 Å². The average molecular weight is 624 g/mol. The van der Waals surface area contributed by atoms with Crippen LogP contribution in [0.2, 0.25) is 5.02 Å². The smallest absolute Gasteiger partial charge is 0.251 e. The van der Waals surface area contributed by atoms with Crippen LogP contribution in [0.1, 0.15) is 54.2 Å². The van der Waals surface area contributed by atoms with Crippen LogP contribution >= 0.6 is 11.6 Å². The monoisotopic (exact) mass is 623 g/mol. The van der Waals surface area contributed by atoms with Crippen LogP contribution in [0.15, 0.2) is 42.6 Å². The van der Waals surface area contributed by atoms with Crippen LogP contribution in [0.5, 0.6) is 5.75 Å². The first-order chi connectivity index (χ1) is 21.1. The molecule has 1 aliphatic heterocycles. The molecule has 230 valence electrons. The number of methoxy groups -OCH3 is 1. The molecule has 2 aromatic heterocycles. The van der Waals surface area contributed by atoms with E-state index in [1.807, 2.05) is 15.8 Å². The number of anilines is 1. The van der Waals surface area contributed by atoms with Gasteiger partial charge in [-0.2, -0.15) is 5.10 Å². The van der Waals surface area contributed by atoms with Gasteiger partial charge in [0.15, 0.2) is 0 Å². The lowest BCUT2D eigenvalue weighted by molar-refractivity contribution is 0.00962. The Kier molecular flexibility index (Phi) is 7.22. The highest BCUT2D eigenvalue weighted by molar-refractivity contribution is 6.31. The summed E-state index contributed by atoms with van der Waals surface area (Å²) < 4.78 is 36.5. The molecule has 4 aromatic rings. The Labute approximate surface area is 257 Å². The van der Waals surface area contributed by atoms with Crippen molar-refractivity contribution in [3.8, 4) is 17.0 Å². The van der Waals surface area contributed by atoms with Crippen LogP contribution in [-0.2, 0) is 5.60 Å². The van der Waals surface area contributed by atoms with Gasteiger partial charge in [0.05, 0.1) is 42.2 Å². The first kappa shape index (κ1) is 28.9. The minimum atomic E-state index is -1.58. The van der Waals surface area contributed by atoms with Crippen molar-refractivity contribution in [3.05, 3.63) is 70.5 Å². The lowest BCUT2D eigenvalue weighted by Crippen LogP contribution is -2.43. The number of hydrogen-bond donors (Lipinski definition) is 3. The number of hydrogen-bond acceptors (Lipinski definition) is 7. The van der Waals surface area contributed by atoms with Gasteiger partial charge in [-0.25, -0.2) is 13.8 Å². The van der Waals surface area contributed by atoms with Crippen LogP contribution in [0.4, 0.5) is 14.5 Å². The summed E-state index contributed by atoms with van der Waals surface area (Å²) in [4.78, 5) is 20.1. The van der Waals surface area contributed by atoms with Crippen LogP contribution in [0.3, 0.4) is 0 Å². The van der Waals surface area contributed by atoms with Crippen molar-refractivity contribution < 1.29 is 28.5 Å². The molecule has 12 heteroatoms. The first-order valence-corrected chi connectivity index (χ1v) is 15.2. The van der Waals surface area contributed by atoms with Crippen molar-refractivity contribution in [2.45, 2.75) is 49.9 Å². The Bertz CT molecular complexity index is 1780. The molecule has 3 aliphatic rings. The Morgan fingerprint density at radius 2 is 1.91 bits per heavy atom. The zero-order valence-corrected chi connectivity index (χ0v) is 24.8. The second-order valence-electron chi connectivity index (χ2n) is 12.1. The number of nitrogens with zero attached hydrogens (tertiary/aromatic N) is 4. The van der Waals surface area contributed by atoms with Gasteiger partial charge in [0, 0.05) is 47.6 Å². The fraction of sp³-hybridized carbons (Fsp3) is 0.406. The van der Waals surface area contributed by atoms with Gasteiger partial charge in [0.1, 0.15) is 28.5 Å².